The molecule has 0 amide bonds. The average Bonchev–Trinajstić information content (AvgIpc) is 3.67. The van der Waals surface area contributed by atoms with Crippen molar-refractivity contribution in [2.24, 2.45) is 23.7 Å². The van der Waals surface area contributed by atoms with E-state index >= 15 is 0 Å². The normalized spacial score (nSPS) is 20.9. The highest BCUT2D eigenvalue weighted by atomic mass is 31.2. The number of unbranched alkanes of at least 4 members (excludes halogenated alkanes) is 16. The van der Waals surface area contributed by atoms with Crippen molar-refractivity contribution in [3.8, 4) is 0 Å². The first kappa shape index (κ1) is 43.2. The number of likely N-dealkylation sites (tertiary alicyclic amines) is 1. The van der Waals surface area contributed by atoms with Gasteiger partial charge in [0.25, 0.3) is 0 Å². The largest absolute Gasteiger partial charge is 0.405 e. The molecule has 0 spiro atoms. The van der Waals surface area contributed by atoms with E-state index in [1.165, 1.54) is 186 Å². The Morgan fingerprint density at radius 3 is 1.34 bits per heavy atom. The van der Waals surface area contributed by atoms with Gasteiger partial charge in [-0.05, 0) is 62.2 Å². The lowest BCUT2D eigenvalue weighted by molar-refractivity contribution is 0.139. The molecule has 0 aromatic heterocycles. The van der Waals surface area contributed by atoms with Gasteiger partial charge in [0.05, 0.1) is 13.2 Å². The molecule has 2 rings (SSSR count). The Labute approximate surface area is 294 Å². The van der Waals surface area contributed by atoms with Crippen molar-refractivity contribution in [2.75, 3.05) is 39.4 Å². The van der Waals surface area contributed by atoms with Crippen LogP contribution in [0.2, 0.25) is 0 Å². The van der Waals surface area contributed by atoms with Crippen LogP contribution in [-0.2, 0) is 13.6 Å². The highest BCUT2D eigenvalue weighted by Crippen LogP contribution is 2.46. The summed E-state index contributed by atoms with van der Waals surface area (Å²) >= 11 is 0. The van der Waals surface area contributed by atoms with Crippen molar-refractivity contribution in [3.05, 3.63) is 0 Å². The minimum atomic E-state index is -3.38. The van der Waals surface area contributed by atoms with Gasteiger partial charge >= 0.3 is 7.75 Å². The first-order chi connectivity index (χ1) is 23.0. The Hall–Kier alpha value is 0.0700. The summed E-state index contributed by atoms with van der Waals surface area (Å²) < 4.78 is 27.4. The van der Waals surface area contributed by atoms with E-state index in [1.807, 2.05) is 0 Å². The average molecular weight is 683 g/mol. The van der Waals surface area contributed by atoms with Gasteiger partial charge < -0.3 is 4.90 Å². The van der Waals surface area contributed by atoms with Gasteiger partial charge in [0.2, 0.25) is 0 Å². The third kappa shape index (κ3) is 21.1. The standard InChI is InChI=1S/C41H83N2O3P/c1-5-9-13-17-19-23-28-38(26-21-15-11-7-3)36-45-47(44,42-32-33-43-34-40-30-25-31-41(40)35-43)46-37-39(27-22-16-12-8-4)29-24-20-18-14-10-6-2/h38-41H,5-37H2,1-4H3,(H,42,44). The Morgan fingerprint density at radius 2 is 0.936 bits per heavy atom. The maximum Gasteiger partial charge on any atom is 0.405 e. The molecular formula is C41H83N2O3P. The first-order valence-electron chi connectivity index (χ1n) is 21.4. The van der Waals surface area contributed by atoms with Crippen molar-refractivity contribution < 1.29 is 13.6 Å². The fourth-order valence-electron chi connectivity index (χ4n) is 8.16. The fourth-order valence-corrected chi connectivity index (χ4v) is 9.61. The smallest absolute Gasteiger partial charge is 0.301 e. The third-order valence-electron chi connectivity index (χ3n) is 11.4. The lowest BCUT2D eigenvalue weighted by atomic mass is 9.95. The van der Waals surface area contributed by atoms with Gasteiger partial charge in [-0.25, -0.2) is 9.65 Å². The molecule has 0 bridgehead atoms. The molecule has 280 valence electrons. The van der Waals surface area contributed by atoms with E-state index in [0.717, 1.165) is 18.4 Å². The molecule has 0 aromatic rings. The molecule has 1 saturated heterocycles. The lowest BCUT2D eigenvalue weighted by Gasteiger charge is -2.26. The van der Waals surface area contributed by atoms with Crippen LogP contribution < -0.4 is 5.09 Å². The summed E-state index contributed by atoms with van der Waals surface area (Å²) in [5.41, 5.74) is 0. The Kier molecular flexibility index (Phi) is 26.4. The monoisotopic (exact) mass is 683 g/mol. The Bertz CT molecular complexity index is 700. The van der Waals surface area contributed by atoms with Gasteiger partial charge in [0.15, 0.2) is 0 Å². The molecule has 0 radical (unpaired) electrons. The highest BCUT2D eigenvalue weighted by Gasteiger charge is 2.36. The zero-order chi connectivity index (χ0) is 33.8. The zero-order valence-electron chi connectivity index (χ0n) is 32.3. The van der Waals surface area contributed by atoms with E-state index in [4.69, 9.17) is 9.05 Å². The van der Waals surface area contributed by atoms with Gasteiger partial charge in [-0.15, -0.1) is 0 Å². The number of hydrogen-bond donors (Lipinski definition) is 1. The molecule has 1 aliphatic heterocycles. The van der Waals surface area contributed by atoms with Crippen molar-refractivity contribution >= 4 is 7.75 Å². The van der Waals surface area contributed by atoms with Gasteiger partial charge in [-0.2, -0.15) is 0 Å². The number of rotatable bonds is 34. The first-order valence-corrected chi connectivity index (χ1v) is 22.9. The van der Waals surface area contributed by atoms with Crippen LogP contribution >= 0.6 is 7.75 Å². The van der Waals surface area contributed by atoms with Gasteiger partial charge in [0.1, 0.15) is 0 Å². The van der Waals surface area contributed by atoms with Crippen LogP contribution in [-0.4, -0.2) is 44.3 Å². The molecular weight excluding hydrogens is 599 g/mol. The predicted molar refractivity (Wildman–Crippen MR) is 205 cm³/mol. The summed E-state index contributed by atoms with van der Waals surface area (Å²) in [7, 11) is -3.38. The predicted octanol–water partition coefficient (Wildman–Crippen LogP) is 13.1. The summed E-state index contributed by atoms with van der Waals surface area (Å²) in [6, 6.07) is 0. The minimum absolute atomic E-state index is 0.475. The van der Waals surface area contributed by atoms with Crippen molar-refractivity contribution in [2.45, 2.75) is 201 Å². The molecule has 5 nitrogen and oxygen atoms in total. The van der Waals surface area contributed by atoms with E-state index in [2.05, 4.69) is 37.7 Å². The molecule has 47 heavy (non-hydrogen) atoms. The molecule has 6 heteroatoms. The summed E-state index contributed by atoms with van der Waals surface area (Å²) in [5, 5.41) is 3.40. The lowest BCUT2D eigenvalue weighted by Crippen LogP contribution is -2.31. The molecule has 1 aliphatic carbocycles. The van der Waals surface area contributed by atoms with Crippen LogP contribution in [0.3, 0.4) is 0 Å². The number of nitrogens with zero attached hydrogens (tertiary/aromatic N) is 1. The molecule has 4 atom stereocenters. The summed E-state index contributed by atoms with van der Waals surface area (Å²) in [5.74, 6) is 2.73. The van der Waals surface area contributed by atoms with Crippen molar-refractivity contribution in [3.63, 3.8) is 0 Å². The Balaban J connectivity index is 1.98. The van der Waals surface area contributed by atoms with Gasteiger partial charge in [-0.1, -0.05) is 163 Å². The van der Waals surface area contributed by atoms with Crippen LogP contribution in [0.5, 0.6) is 0 Å². The van der Waals surface area contributed by atoms with Crippen LogP contribution in [0.15, 0.2) is 0 Å². The van der Waals surface area contributed by atoms with Crippen molar-refractivity contribution in [1.82, 2.24) is 9.99 Å². The van der Waals surface area contributed by atoms with Crippen molar-refractivity contribution in [1.29, 1.82) is 0 Å². The Morgan fingerprint density at radius 1 is 0.574 bits per heavy atom. The quantitative estimate of drug-likeness (QED) is 0.0541. The fraction of sp³-hybridized carbons (Fsp3) is 1.00. The third-order valence-corrected chi connectivity index (χ3v) is 12.9. The van der Waals surface area contributed by atoms with Crippen LogP contribution in [0.25, 0.3) is 0 Å². The highest BCUT2D eigenvalue weighted by molar-refractivity contribution is 7.51. The minimum Gasteiger partial charge on any atom is -0.301 e. The molecule has 1 N–H and O–H groups in total. The summed E-state index contributed by atoms with van der Waals surface area (Å²) in [4.78, 5) is 2.59. The van der Waals surface area contributed by atoms with Crippen LogP contribution in [0.4, 0.5) is 0 Å². The van der Waals surface area contributed by atoms with E-state index in [0.29, 0.717) is 31.6 Å². The van der Waals surface area contributed by atoms with E-state index in [9.17, 15) is 4.57 Å². The van der Waals surface area contributed by atoms with E-state index in [1.54, 1.807) is 0 Å². The number of fused-ring (bicyclic) bond motifs is 1. The van der Waals surface area contributed by atoms with E-state index in [-0.39, 0.29) is 0 Å². The number of nitrogens with one attached hydrogen (secondary N) is 1. The van der Waals surface area contributed by atoms with Gasteiger partial charge in [0, 0.05) is 26.2 Å². The zero-order valence-corrected chi connectivity index (χ0v) is 33.2. The van der Waals surface area contributed by atoms with Crippen LogP contribution in [0.1, 0.15) is 201 Å². The second-order valence-corrected chi connectivity index (χ2v) is 17.6. The second kappa shape index (κ2) is 28.7. The van der Waals surface area contributed by atoms with E-state index < -0.39 is 7.75 Å². The van der Waals surface area contributed by atoms with Crippen LogP contribution in [0, 0.1) is 23.7 Å². The maximum absolute atomic E-state index is 14.5. The molecule has 2 aliphatic rings. The molecule has 0 aromatic carbocycles. The molecule has 1 heterocycles. The summed E-state index contributed by atoms with van der Waals surface area (Å²) in [6.45, 7) is 14.4. The van der Waals surface area contributed by atoms with Gasteiger partial charge in [-0.3, -0.25) is 9.05 Å². The SMILES string of the molecule is CCCCCCCCC(CCCCCC)COP(=O)(NCCN1CC2CCCC2C1)OCC(CCCCCC)CCCCCCCC. The molecule has 1 saturated carbocycles. The number of hydrogen-bond acceptors (Lipinski definition) is 4. The molecule has 2 fully saturated rings. The second-order valence-electron chi connectivity index (χ2n) is 15.8. The summed E-state index contributed by atoms with van der Waals surface area (Å²) in [6.07, 6.45) is 35.1. The topological polar surface area (TPSA) is 50.8 Å². The molecule has 4 unspecified atom stereocenters. The maximum atomic E-state index is 14.5.